The Hall–Kier alpha value is 0.634. The van der Waals surface area contributed by atoms with Crippen molar-refractivity contribution in [3.05, 3.63) is 0 Å². The summed E-state index contributed by atoms with van der Waals surface area (Å²) in [5.74, 6) is 0. The second kappa shape index (κ2) is 19.6. The van der Waals surface area contributed by atoms with Crippen LogP contribution in [0.1, 0.15) is 0 Å². The van der Waals surface area contributed by atoms with Crippen molar-refractivity contribution < 1.29 is 59.4 Å². The minimum atomic E-state index is 0. The first-order chi connectivity index (χ1) is 9.00. The first-order valence-electron chi connectivity index (χ1n) is 6.79. The number of halogens is 1. The van der Waals surface area contributed by atoms with Crippen LogP contribution in [0.2, 0.25) is 0 Å². The average Bonchev–Trinajstić information content (AvgIpc) is 2.39. The summed E-state index contributed by atoms with van der Waals surface area (Å²) in [6.07, 6.45) is 0. The van der Waals surface area contributed by atoms with Crippen molar-refractivity contribution in [1.82, 2.24) is 0 Å². The Labute approximate surface area is 139 Å². The molecular formula is C12H30ClO6V+5. The molecule has 0 saturated carbocycles. The molecule has 20 heavy (non-hydrogen) atoms. The molecule has 0 aromatic rings. The summed E-state index contributed by atoms with van der Waals surface area (Å²) < 4.78 is 26.2. The summed E-state index contributed by atoms with van der Waals surface area (Å²) in [5, 5.41) is 0. The van der Waals surface area contributed by atoms with Crippen molar-refractivity contribution in [1.29, 1.82) is 0 Å². The van der Waals surface area contributed by atoms with Crippen LogP contribution < -0.4 is 12.4 Å². The van der Waals surface area contributed by atoms with E-state index in [-0.39, 0.29) is 31.0 Å². The first kappa shape index (κ1) is 22.9. The zero-order valence-corrected chi connectivity index (χ0v) is 14.1. The summed E-state index contributed by atoms with van der Waals surface area (Å²) in [6, 6.07) is 0. The maximum Gasteiger partial charge on any atom is 0.214 e. The van der Waals surface area contributed by atoms with Gasteiger partial charge in [-0.2, -0.15) is 0 Å². The van der Waals surface area contributed by atoms with Crippen LogP contribution in [-0.4, -0.2) is 108 Å². The van der Waals surface area contributed by atoms with E-state index in [0.717, 1.165) is 79.3 Å². The molecule has 1 heterocycles. The van der Waals surface area contributed by atoms with E-state index in [1.54, 1.807) is 0 Å². The van der Waals surface area contributed by atoms with Crippen LogP contribution in [0.25, 0.3) is 0 Å². The standard InChI is InChI=1S/C12H24O6.ClH.V/c1-2-14-5-6-16-9-10-18-12-11-17-8-7-15-4-3-13-1;;/h1-12H2;1H;/p+5. The summed E-state index contributed by atoms with van der Waals surface area (Å²) in [6.45, 7) is 9.78. The van der Waals surface area contributed by atoms with Crippen LogP contribution in [0, 0.1) is 0 Å². The fourth-order valence-corrected chi connectivity index (χ4v) is 1.52. The van der Waals surface area contributed by atoms with Crippen molar-refractivity contribution in [2.45, 2.75) is 0 Å². The molecule has 0 spiro atoms. The maximum atomic E-state index is 4.37. The van der Waals surface area contributed by atoms with E-state index in [1.807, 2.05) is 0 Å². The Morgan fingerprint density at radius 2 is 0.400 bits per heavy atom. The Kier molecular flexibility index (Phi) is 22.5. The van der Waals surface area contributed by atoms with E-state index in [2.05, 4.69) is 28.4 Å². The molecule has 0 aromatic carbocycles. The van der Waals surface area contributed by atoms with Crippen LogP contribution in [0.4, 0.5) is 0 Å². The molecular weight excluding hydrogens is 327 g/mol. The van der Waals surface area contributed by atoms with Gasteiger partial charge in [0.2, 0.25) is 79.3 Å². The van der Waals surface area contributed by atoms with E-state index in [4.69, 9.17) is 0 Å². The Morgan fingerprint density at radius 1 is 0.300 bits per heavy atom. The summed E-state index contributed by atoms with van der Waals surface area (Å²) in [4.78, 5) is 0. The van der Waals surface area contributed by atoms with Gasteiger partial charge in [0.25, 0.3) is 0 Å². The van der Waals surface area contributed by atoms with E-state index in [0.29, 0.717) is 0 Å². The molecule has 0 bridgehead atoms. The molecule has 0 unspecified atom stereocenters. The normalized spacial score (nSPS) is 21.6. The summed E-state index contributed by atoms with van der Waals surface area (Å²) >= 11 is 0. The van der Waals surface area contributed by atoms with Gasteiger partial charge in [-0.05, 0) is 0 Å². The van der Waals surface area contributed by atoms with Crippen LogP contribution in [0.15, 0.2) is 0 Å². The Balaban J connectivity index is 0. The van der Waals surface area contributed by atoms with Crippen LogP contribution in [-0.2, 0) is 18.6 Å². The molecule has 1 fully saturated rings. The van der Waals surface area contributed by atoms with E-state index < -0.39 is 0 Å². The van der Waals surface area contributed by atoms with Gasteiger partial charge in [0.05, 0.1) is 0 Å². The predicted molar refractivity (Wildman–Crippen MR) is 71.7 cm³/mol. The SMILES string of the molecule is C1C[OH+]CC[OH+]CC[OH+]CC[OH+]CC[OH+]CC[OH+]1.[Cl-].[V]. The van der Waals surface area contributed by atoms with Crippen molar-refractivity contribution >= 4 is 0 Å². The molecule has 8 heteroatoms. The largest absolute Gasteiger partial charge is 1.00 e. The molecule has 1 aliphatic rings. The summed E-state index contributed by atoms with van der Waals surface area (Å²) in [5.41, 5.74) is 0. The van der Waals surface area contributed by atoms with Crippen LogP contribution in [0.3, 0.4) is 0 Å². The zero-order valence-electron chi connectivity index (χ0n) is 12.0. The molecule has 1 rings (SSSR count). The first-order valence-corrected chi connectivity index (χ1v) is 6.79. The molecule has 0 aliphatic carbocycles. The van der Waals surface area contributed by atoms with Gasteiger partial charge in [-0.15, -0.1) is 0 Å². The Bertz CT molecular complexity index is 103. The topological polar surface area (TPSA) is 76.8 Å². The third-order valence-electron chi connectivity index (χ3n) is 2.50. The quantitative estimate of drug-likeness (QED) is 0.388. The average molecular weight is 357 g/mol. The fraction of sp³-hybridized carbons (Fsp3) is 1.00. The smallest absolute Gasteiger partial charge is 0.214 e. The van der Waals surface area contributed by atoms with Gasteiger partial charge in [0, 0.05) is 18.6 Å². The second-order valence-electron chi connectivity index (χ2n) is 4.02. The van der Waals surface area contributed by atoms with Gasteiger partial charge in [-0.1, -0.05) is 0 Å². The van der Waals surface area contributed by atoms with Gasteiger partial charge in [0.1, 0.15) is 0 Å². The molecule has 121 valence electrons. The molecule has 0 atom stereocenters. The van der Waals surface area contributed by atoms with Gasteiger partial charge >= 0.3 is 0 Å². The number of hydrogen-bond donors (Lipinski definition) is 0. The maximum absolute atomic E-state index is 4.37. The van der Waals surface area contributed by atoms with Crippen molar-refractivity contribution in [2.24, 2.45) is 0 Å². The number of hydrogen-bond acceptors (Lipinski definition) is 0. The number of aliphatic hydroxyl groups is 12. The van der Waals surface area contributed by atoms with Gasteiger partial charge in [-0.3, -0.25) is 0 Å². The van der Waals surface area contributed by atoms with Gasteiger partial charge < -0.3 is 40.8 Å². The minimum Gasteiger partial charge on any atom is -1.00 e. The molecule has 0 aromatic heterocycles. The van der Waals surface area contributed by atoms with Crippen LogP contribution in [0.5, 0.6) is 0 Å². The van der Waals surface area contributed by atoms with E-state index >= 15 is 0 Å². The minimum absolute atomic E-state index is 0. The van der Waals surface area contributed by atoms with Gasteiger partial charge in [-0.25, -0.2) is 0 Å². The van der Waals surface area contributed by atoms with E-state index in [1.165, 1.54) is 0 Å². The second-order valence-corrected chi connectivity index (χ2v) is 4.02. The molecule has 0 amide bonds. The molecule has 6 nitrogen and oxygen atoms in total. The third kappa shape index (κ3) is 16.7. The van der Waals surface area contributed by atoms with Crippen molar-refractivity contribution in [3.63, 3.8) is 0 Å². The predicted octanol–water partition coefficient (Wildman–Crippen LogP) is -5.83. The van der Waals surface area contributed by atoms with Crippen molar-refractivity contribution in [2.75, 3.05) is 79.3 Å². The number of rotatable bonds is 0. The monoisotopic (exact) mass is 356 g/mol. The zero-order chi connectivity index (χ0) is 12.7. The van der Waals surface area contributed by atoms with Crippen molar-refractivity contribution in [3.8, 4) is 0 Å². The molecule has 1 aliphatic heterocycles. The van der Waals surface area contributed by atoms with E-state index in [9.17, 15) is 0 Å². The molecule has 1 saturated heterocycles. The molecule has 6 N–H and O–H groups in total. The fourth-order valence-electron chi connectivity index (χ4n) is 1.52. The number of ether oxygens (including phenoxy) is 6. The molecule has 1 radical (unpaired) electrons. The Morgan fingerprint density at radius 3 is 0.500 bits per heavy atom. The third-order valence-corrected chi connectivity index (χ3v) is 2.50. The van der Waals surface area contributed by atoms with Gasteiger partial charge in [0.15, 0.2) is 0 Å². The summed E-state index contributed by atoms with van der Waals surface area (Å²) in [7, 11) is 0. The van der Waals surface area contributed by atoms with Crippen LogP contribution >= 0.6 is 0 Å².